The van der Waals surface area contributed by atoms with E-state index >= 15 is 0 Å². The van der Waals surface area contributed by atoms with Crippen LogP contribution in [0, 0.1) is 0 Å². The second-order valence-electron chi connectivity index (χ2n) is 7.45. The highest BCUT2D eigenvalue weighted by Gasteiger charge is 2.22. The average Bonchev–Trinajstić information content (AvgIpc) is 2.75. The van der Waals surface area contributed by atoms with Crippen molar-refractivity contribution >= 4 is 17.7 Å². The van der Waals surface area contributed by atoms with Gasteiger partial charge in [-0.3, -0.25) is 4.79 Å². The molecule has 7 heteroatoms. The van der Waals surface area contributed by atoms with Gasteiger partial charge in [-0.05, 0) is 49.6 Å². The van der Waals surface area contributed by atoms with E-state index in [0.717, 1.165) is 69.0 Å². The number of nitrogens with two attached hydrogens (primary N) is 1. The Labute approximate surface area is 165 Å². The lowest BCUT2D eigenvalue weighted by atomic mass is 10.1. The van der Waals surface area contributed by atoms with E-state index in [1.807, 2.05) is 35.2 Å². The number of ether oxygens (including phenoxy) is 1. The number of anilines is 2. The zero-order valence-corrected chi connectivity index (χ0v) is 16.1. The maximum atomic E-state index is 12.6. The Balaban J connectivity index is 1.30. The highest BCUT2D eigenvalue weighted by molar-refractivity contribution is 5.94. The molecular formula is C21H27N5O2. The van der Waals surface area contributed by atoms with Gasteiger partial charge in [-0.15, -0.1) is 0 Å². The molecule has 0 atom stereocenters. The van der Waals surface area contributed by atoms with Crippen LogP contribution in [0.2, 0.25) is 0 Å². The van der Waals surface area contributed by atoms with Gasteiger partial charge in [0.05, 0.1) is 0 Å². The van der Waals surface area contributed by atoms with Crippen molar-refractivity contribution in [3.8, 4) is 5.75 Å². The molecule has 3 heterocycles. The predicted molar refractivity (Wildman–Crippen MR) is 109 cm³/mol. The van der Waals surface area contributed by atoms with E-state index in [2.05, 4.69) is 14.9 Å². The molecule has 7 nitrogen and oxygen atoms in total. The molecule has 4 rings (SSSR count). The van der Waals surface area contributed by atoms with Crippen LogP contribution in [-0.4, -0.2) is 53.1 Å². The monoisotopic (exact) mass is 381 g/mol. The normalized spacial score (nSPS) is 18.1. The fourth-order valence-electron chi connectivity index (χ4n) is 3.89. The minimum atomic E-state index is 0.128. The number of carbonyl (C=O) groups is 1. The van der Waals surface area contributed by atoms with Crippen molar-refractivity contribution in [2.45, 2.75) is 38.2 Å². The molecular weight excluding hydrogens is 354 g/mol. The van der Waals surface area contributed by atoms with Crippen molar-refractivity contribution in [2.24, 2.45) is 0 Å². The lowest BCUT2D eigenvalue weighted by Crippen LogP contribution is -2.38. The number of nitrogen functional groups attached to an aromatic ring is 1. The Kier molecular flexibility index (Phi) is 5.60. The van der Waals surface area contributed by atoms with Gasteiger partial charge in [0, 0.05) is 50.8 Å². The molecule has 2 aliphatic rings. The molecule has 0 spiro atoms. The second-order valence-corrected chi connectivity index (χ2v) is 7.45. The third-order valence-electron chi connectivity index (χ3n) is 5.47. The molecule has 1 aromatic heterocycles. The van der Waals surface area contributed by atoms with Gasteiger partial charge < -0.3 is 20.3 Å². The van der Waals surface area contributed by atoms with Crippen LogP contribution in [0.5, 0.6) is 5.75 Å². The van der Waals surface area contributed by atoms with Crippen LogP contribution in [0.25, 0.3) is 0 Å². The highest BCUT2D eigenvalue weighted by atomic mass is 16.5. The summed E-state index contributed by atoms with van der Waals surface area (Å²) in [5.41, 5.74) is 6.42. The molecule has 0 saturated carbocycles. The van der Waals surface area contributed by atoms with Crippen LogP contribution < -0.4 is 15.4 Å². The van der Waals surface area contributed by atoms with Crippen LogP contribution in [-0.2, 0) is 0 Å². The average molecular weight is 381 g/mol. The van der Waals surface area contributed by atoms with E-state index in [1.165, 1.54) is 6.42 Å². The molecule has 0 aliphatic carbocycles. The summed E-state index contributed by atoms with van der Waals surface area (Å²) in [7, 11) is 0. The minimum absolute atomic E-state index is 0.128. The first kappa shape index (κ1) is 18.5. The van der Waals surface area contributed by atoms with Crippen molar-refractivity contribution in [2.75, 3.05) is 36.8 Å². The predicted octanol–water partition coefficient (Wildman–Crippen LogP) is 2.73. The van der Waals surface area contributed by atoms with Gasteiger partial charge in [0.1, 0.15) is 17.7 Å². The fraction of sp³-hybridized carbons (Fsp3) is 0.476. The topological polar surface area (TPSA) is 84.6 Å². The summed E-state index contributed by atoms with van der Waals surface area (Å²) in [4.78, 5) is 24.9. The lowest BCUT2D eigenvalue weighted by molar-refractivity contribution is 0.0724. The molecule has 2 saturated heterocycles. The molecule has 2 aliphatic heterocycles. The third-order valence-corrected chi connectivity index (χ3v) is 5.47. The molecule has 1 amide bonds. The van der Waals surface area contributed by atoms with Gasteiger partial charge in [0.25, 0.3) is 5.91 Å². The van der Waals surface area contributed by atoms with E-state index in [-0.39, 0.29) is 12.0 Å². The Morgan fingerprint density at radius 2 is 1.71 bits per heavy atom. The van der Waals surface area contributed by atoms with Crippen LogP contribution in [0.15, 0.2) is 36.5 Å². The smallest absolute Gasteiger partial charge is 0.253 e. The number of likely N-dealkylation sites (tertiary alicyclic amines) is 1. The van der Waals surface area contributed by atoms with E-state index in [0.29, 0.717) is 5.95 Å². The van der Waals surface area contributed by atoms with Gasteiger partial charge in [-0.1, -0.05) is 0 Å². The molecule has 0 bridgehead atoms. The Morgan fingerprint density at radius 3 is 2.39 bits per heavy atom. The summed E-state index contributed by atoms with van der Waals surface area (Å²) in [6.45, 7) is 3.47. The van der Waals surface area contributed by atoms with E-state index in [1.54, 1.807) is 6.20 Å². The zero-order valence-electron chi connectivity index (χ0n) is 16.1. The SMILES string of the molecule is Nc1nccc(N2CCC(Oc3ccc(C(=O)N4CCCCC4)cc3)CC2)n1. The number of nitrogens with zero attached hydrogens (tertiary/aromatic N) is 4. The molecule has 148 valence electrons. The number of carbonyl (C=O) groups excluding carboxylic acids is 1. The summed E-state index contributed by atoms with van der Waals surface area (Å²) in [5.74, 6) is 2.12. The standard InChI is InChI=1S/C21H27N5O2/c22-21-23-11-8-19(24-21)25-14-9-18(10-15-25)28-17-6-4-16(5-7-17)20(27)26-12-2-1-3-13-26/h4-8,11,18H,1-3,9-10,12-15H2,(H2,22,23,24). The van der Waals surface area contributed by atoms with Gasteiger partial charge in [0.15, 0.2) is 0 Å². The van der Waals surface area contributed by atoms with Crippen molar-refractivity contribution in [3.05, 3.63) is 42.1 Å². The number of piperidine rings is 2. The molecule has 2 aromatic rings. The lowest BCUT2D eigenvalue weighted by Gasteiger charge is -2.33. The number of rotatable bonds is 4. The van der Waals surface area contributed by atoms with Gasteiger partial charge in [-0.2, -0.15) is 4.98 Å². The van der Waals surface area contributed by atoms with Crippen molar-refractivity contribution < 1.29 is 9.53 Å². The van der Waals surface area contributed by atoms with Crippen LogP contribution in [0.4, 0.5) is 11.8 Å². The van der Waals surface area contributed by atoms with Gasteiger partial charge >= 0.3 is 0 Å². The summed E-state index contributed by atoms with van der Waals surface area (Å²) in [5, 5.41) is 0. The largest absolute Gasteiger partial charge is 0.490 e. The third kappa shape index (κ3) is 4.35. The highest BCUT2D eigenvalue weighted by Crippen LogP contribution is 2.23. The maximum Gasteiger partial charge on any atom is 0.253 e. The first-order chi connectivity index (χ1) is 13.7. The summed E-state index contributed by atoms with van der Waals surface area (Å²) >= 11 is 0. The van der Waals surface area contributed by atoms with Crippen molar-refractivity contribution in [1.29, 1.82) is 0 Å². The quantitative estimate of drug-likeness (QED) is 0.877. The summed E-state index contributed by atoms with van der Waals surface area (Å²) in [6, 6.07) is 9.47. The minimum Gasteiger partial charge on any atom is -0.490 e. The van der Waals surface area contributed by atoms with Crippen LogP contribution >= 0.6 is 0 Å². The summed E-state index contributed by atoms with van der Waals surface area (Å²) < 4.78 is 6.13. The second kappa shape index (κ2) is 8.46. The molecule has 0 unspecified atom stereocenters. The van der Waals surface area contributed by atoms with E-state index in [9.17, 15) is 4.79 Å². The molecule has 2 fully saturated rings. The number of amides is 1. The number of hydrogen-bond acceptors (Lipinski definition) is 6. The number of aromatic nitrogens is 2. The zero-order chi connectivity index (χ0) is 19.3. The van der Waals surface area contributed by atoms with E-state index in [4.69, 9.17) is 10.5 Å². The van der Waals surface area contributed by atoms with Crippen molar-refractivity contribution in [3.63, 3.8) is 0 Å². The van der Waals surface area contributed by atoms with Crippen LogP contribution in [0.3, 0.4) is 0 Å². The van der Waals surface area contributed by atoms with Crippen molar-refractivity contribution in [1.82, 2.24) is 14.9 Å². The maximum absolute atomic E-state index is 12.6. The first-order valence-electron chi connectivity index (χ1n) is 10.1. The Bertz CT molecular complexity index is 797. The van der Waals surface area contributed by atoms with E-state index < -0.39 is 0 Å². The molecule has 28 heavy (non-hydrogen) atoms. The molecule has 0 radical (unpaired) electrons. The fourth-order valence-corrected chi connectivity index (χ4v) is 3.89. The first-order valence-corrected chi connectivity index (χ1v) is 10.1. The molecule has 2 N–H and O–H groups in total. The number of hydrogen-bond donors (Lipinski definition) is 1. The molecule has 1 aromatic carbocycles. The van der Waals surface area contributed by atoms with Gasteiger partial charge in [0.2, 0.25) is 5.95 Å². The number of benzene rings is 1. The van der Waals surface area contributed by atoms with Crippen LogP contribution in [0.1, 0.15) is 42.5 Å². The Morgan fingerprint density at radius 1 is 1.00 bits per heavy atom. The van der Waals surface area contributed by atoms with Gasteiger partial charge in [-0.25, -0.2) is 4.98 Å². The Hall–Kier alpha value is -2.83. The summed E-state index contributed by atoms with van der Waals surface area (Å²) in [6.07, 6.45) is 7.11.